The number of halogens is 6. The van der Waals surface area contributed by atoms with Crippen LogP contribution in [-0.4, -0.2) is 19.3 Å². The molecule has 3 saturated carbocycles. The van der Waals surface area contributed by atoms with Crippen LogP contribution in [-0.2, 0) is 4.74 Å². The van der Waals surface area contributed by atoms with Crippen LogP contribution in [0, 0.1) is 46.9 Å². The Hall–Kier alpha value is -2.22. The number of unbranched alkanes of at least 4 members (excludes halogenated alkanes) is 1. The van der Waals surface area contributed by atoms with E-state index in [0.717, 1.165) is 88.5 Å². The van der Waals surface area contributed by atoms with Gasteiger partial charge in [0.25, 0.3) is 0 Å². The van der Waals surface area contributed by atoms with E-state index in [-0.39, 0.29) is 24.6 Å². The standard InChI is InChI=1S/C36H46F6O2/c1-2-3-18-43-22-23-4-6-26(7-5-23)28-14-17-31(32(37)19-28)27-10-8-24(9-11-27)25-12-15-29(16-13-25)36(41,42)44-30-20-33(38)35(40)34(39)21-30/h14,17,19-21,23-27,29H,2-13,15-16,18,22H2,1H3. The van der Waals surface area contributed by atoms with Gasteiger partial charge in [-0.25, -0.2) is 17.6 Å². The Morgan fingerprint density at radius 2 is 1.30 bits per heavy atom. The van der Waals surface area contributed by atoms with Crippen molar-refractivity contribution in [2.24, 2.45) is 23.7 Å². The van der Waals surface area contributed by atoms with E-state index in [2.05, 4.69) is 17.7 Å². The molecule has 0 aromatic heterocycles. The van der Waals surface area contributed by atoms with Gasteiger partial charge >= 0.3 is 6.11 Å². The maximum absolute atomic E-state index is 15.4. The molecule has 0 spiro atoms. The van der Waals surface area contributed by atoms with Crippen molar-refractivity contribution in [1.29, 1.82) is 0 Å². The Kier molecular flexibility index (Phi) is 11.2. The van der Waals surface area contributed by atoms with Crippen LogP contribution in [0.3, 0.4) is 0 Å². The van der Waals surface area contributed by atoms with E-state index in [1.807, 2.05) is 6.07 Å². The number of hydrogen-bond donors (Lipinski definition) is 0. The van der Waals surface area contributed by atoms with Crippen molar-refractivity contribution in [1.82, 2.24) is 0 Å². The zero-order chi connectivity index (χ0) is 31.3. The first-order chi connectivity index (χ1) is 21.1. The maximum atomic E-state index is 15.4. The van der Waals surface area contributed by atoms with E-state index in [0.29, 0.717) is 48.6 Å². The van der Waals surface area contributed by atoms with Gasteiger partial charge in [-0.15, -0.1) is 0 Å². The highest BCUT2D eigenvalue weighted by Crippen LogP contribution is 2.47. The summed E-state index contributed by atoms with van der Waals surface area (Å²) in [5.74, 6) is -4.79. The van der Waals surface area contributed by atoms with Crippen LogP contribution < -0.4 is 4.74 Å². The van der Waals surface area contributed by atoms with Crippen molar-refractivity contribution >= 4 is 0 Å². The third-order valence-corrected chi connectivity index (χ3v) is 10.7. The summed E-state index contributed by atoms with van der Waals surface area (Å²) in [5.41, 5.74) is 1.91. The summed E-state index contributed by atoms with van der Waals surface area (Å²) >= 11 is 0. The number of ether oxygens (including phenoxy) is 2. The molecule has 0 aliphatic heterocycles. The minimum Gasteiger partial charge on any atom is -0.432 e. The van der Waals surface area contributed by atoms with Crippen LogP contribution in [0.2, 0.25) is 0 Å². The highest BCUT2D eigenvalue weighted by molar-refractivity contribution is 5.30. The fourth-order valence-corrected chi connectivity index (χ4v) is 7.95. The molecule has 5 rings (SSSR count). The molecule has 0 bridgehead atoms. The molecule has 0 saturated heterocycles. The Morgan fingerprint density at radius 3 is 1.89 bits per heavy atom. The van der Waals surface area contributed by atoms with E-state index >= 15 is 4.39 Å². The number of alkyl halides is 2. The van der Waals surface area contributed by atoms with Crippen molar-refractivity contribution < 1.29 is 35.8 Å². The predicted molar refractivity (Wildman–Crippen MR) is 159 cm³/mol. The lowest BCUT2D eigenvalue weighted by Crippen LogP contribution is -2.38. The fraction of sp³-hybridized carbons (Fsp3) is 0.667. The normalized spacial score (nSPS) is 28.2. The van der Waals surface area contributed by atoms with Gasteiger partial charge in [0, 0.05) is 25.3 Å². The molecule has 0 amide bonds. The molecule has 44 heavy (non-hydrogen) atoms. The van der Waals surface area contributed by atoms with Crippen LogP contribution in [0.5, 0.6) is 5.75 Å². The third kappa shape index (κ3) is 8.13. The summed E-state index contributed by atoms with van der Waals surface area (Å²) in [6.07, 6.45) is 8.50. The van der Waals surface area contributed by atoms with E-state index in [1.165, 1.54) is 0 Å². The van der Waals surface area contributed by atoms with Gasteiger partial charge in [-0.3, -0.25) is 0 Å². The monoisotopic (exact) mass is 624 g/mol. The maximum Gasteiger partial charge on any atom is 0.400 e. The molecular weight excluding hydrogens is 578 g/mol. The van der Waals surface area contributed by atoms with E-state index in [9.17, 15) is 22.0 Å². The van der Waals surface area contributed by atoms with Gasteiger partial charge in [0.1, 0.15) is 11.6 Å². The number of benzene rings is 2. The second-order valence-corrected chi connectivity index (χ2v) is 13.5. The Bertz CT molecular complexity index is 1190. The summed E-state index contributed by atoms with van der Waals surface area (Å²) in [5, 5.41) is 0. The molecule has 0 heterocycles. The second kappa shape index (κ2) is 14.9. The fourth-order valence-electron chi connectivity index (χ4n) is 7.95. The lowest BCUT2D eigenvalue weighted by atomic mass is 9.68. The third-order valence-electron chi connectivity index (χ3n) is 10.7. The average molecular weight is 625 g/mol. The molecule has 3 aliphatic rings. The second-order valence-electron chi connectivity index (χ2n) is 13.5. The minimum absolute atomic E-state index is 0.0976. The molecule has 2 aromatic rings. The van der Waals surface area contributed by atoms with Crippen molar-refractivity contribution in [3.63, 3.8) is 0 Å². The molecule has 3 fully saturated rings. The van der Waals surface area contributed by atoms with Crippen LogP contribution in [0.4, 0.5) is 26.3 Å². The van der Waals surface area contributed by atoms with Crippen molar-refractivity contribution in [2.45, 2.75) is 115 Å². The first kappa shape index (κ1) is 33.2. The topological polar surface area (TPSA) is 18.5 Å². The lowest BCUT2D eigenvalue weighted by molar-refractivity contribution is -0.224. The first-order valence-corrected chi connectivity index (χ1v) is 16.7. The quantitative estimate of drug-likeness (QED) is 0.141. The van der Waals surface area contributed by atoms with E-state index in [1.54, 1.807) is 6.07 Å². The SMILES string of the molecule is CCCCOCC1CCC(c2ccc(C3CCC(C4CCC(C(F)(F)Oc5cc(F)c(F)c(F)c5)CC4)CC3)c(F)c2)CC1. The summed E-state index contributed by atoms with van der Waals surface area (Å²) in [7, 11) is 0. The molecule has 0 unspecified atom stereocenters. The van der Waals surface area contributed by atoms with Gasteiger partial charge in [-0.05, 0) is 130 Å². The summed E-state index contributed by atoms with van der Waals surface area (Å²) in [4.78, 5) is 0. The molecule has 0 N–H and O–H groups in total. The van der Waals surface area contributed by atoms with Crippen LogP contribution in [0.15, 0.2) is 30.3 Å². The van der Waals surface area contributed by atoms with E-state index in [4.69, 9.17) is 4.74 Å². The van der Waals surface area contributed by atoms with Crippen LogP contribution in [0.25, 0.3) is 0 Å². The Balaban J connectivity index is 1.06. The zero-order valence-electron chi connectivity index (χ0n) is 25.7. The molecule has 2 nitrogen and oxygen atoms in total. The molecule has 244 valence electrons. The summed E-state index contributed by atoms with van der Waals surface area (Å²) < 4.78 is 95.6. The zero-order valence-corrected chi connectivity index (χ0v) is 25.7. The molecule has 8 heteroatoms. The van der Waals surface area contributed by atoms with E-state index < -0.39 is 35.2 Å². The average Bonchev–Trinajstić information content (AvgIpc) is 3.02. The van der Waals surface area contributed by atoms with Crippen LogP contribution >= 0.6 is 0 Å². The van der Waals surface area contributed by atoms with Crippen LogP contribution in [0.1, 0.15) is 120 Å². The smallest absolute Gasteiger partial charge is 0.400 e. The molecular formula is C36H46F6O2. The molecule has 0 atom stereocenters. The van der Waals surface area contributed by atoms with Gasteiger partial charge in [-0.1, -0.05) is 25.5 Å². The molecule has 0 radical (unpaired) electrons. The minimum atomic E-state index is -3.61. The van der Waals surface area contributed by atoms with Gasteiger partial charge in [0.05, 0.1) is 5.92 Å². The lowest BCUT2D eigenvalue weighted by Gasteiger charge is -2.39. The molecule has 3 aliphatic carbocycles. The van der Waals surface area contributed by atoms with Gasteiger partial charge < -0.3 is 9.47 Å². The number of rotatable bonds is 11. The van der Waals surface area contributed by atoms with Gasteiger partial charge in [0.15, 0.2) is 17.5 Å². The highest BCUT2D eigenvalue weighted by atomic mass is 19.3. The first-order valence-electron chi connectivity index (χ1n) is 16.7. The van der Waals surface area contributed by atoms with Crippen molar-refractivity contribution in [3.8, 4) is 5.75 Å². The van der Waals surface area contributed by atoms with Crippen molar-refractivity contribution in [3.05, 3.63) is 64.7 Å². The van der Waals surface area contributed by atoms with Crippen molar-refractivity contribution in [2.75, 3.05) is 13.2 Å². The summed E-state index contributed by atoms with van der Waals surface area (Å²) in [6.45, 7) is 3.85. The van der Waals surface area contributed by atoms with Gasteiger partial charge in [-0.2, -0.15) is 8.78 Å². The predicted octanol–water partition coefficient (Wildman–Crippen LogP) is 11.1. The largest absolute Gasteiger partial charge is 0.432 e. The Labute approximate surface area is 257 Å². The highest BCUT2D eigenvalue weighted by Gasteiger charge is 2.45. The van der Waals surface area contributed by atoms with Gasteiger partial charge in [0.2, 0.25) is 0 Å². The Morgan fingerprint density at radius 1 is 0.705 bits per heavy atom. The molecule has 2 aromatic carbocycles. The number of hydrogen-bond acceptors (Lipinski definition) is 2. The summed E-state index contributed by atoms with van der Waals surface area (Å²) in [6, 6.07) is 6.79.